The van der Waals surface area contributed by atoms with Crippen molar-refractivity contribution in [3.8, 4) is 0 Å². The Hall–Kier alpha value is -1.89. The Morgan fingerprint density at radius 1 is 1.28 bits per heavy atom. The van der Waals surface area contributed by atoms with Crippen LogP contribution in [0.5, 0.6) is 0 Å². The summed E-state index contributed by atoms with van der Waals surface area (Å²) in [6.45, 7) is 7.07. The van der Waals surface area contributed by atoms with E-state index in [1.165, 1.54) is 0 Å². The highest BCUT2D eigenvalue weighted by Gasteiger charge is 2.20. The van der Waals surface area contributed by atoms with Gasteiger partial charge < -0.3 is 10.1 Å². The standard InChI is InChI=1S/C18H23ClN4O2/c1-14-16(18(24)20-7-8-22-9-11-25-12-10-22)17(19)23(21-14)13-15-5-3-2-4-6-15/h2-6H,7-13H2,1H3,(H,20,24). The fraction of sp³-hybridized carbons (Fsp3) is 0.444. The highest BCUT2D eigenvalue weighted by atomic mass is 35.5. The molecule has 1 aromatic heterocycles. The number of hydrogen-bond donors (Lipinski definition) is 1. The summed E-state index contributed by atoms with van der Waals surface area (Å²) in [6.07, 6.45) is 0. The molecule has 1 N–H and O–H groups in total. The summed E-state index contributed by atoms with van der Waals surface area (Å²) in [6, 6.07) is 9.93. The number of nitrogens with one attached hydrogen (secondary N) is 1. The molecular formula is C18H23ClN4O2. The van der Waals surface area contributed by atoms with Crippen molar-refractivity contribution in [2.45, 2.75) is 13.5 Å². The molecule has 0 spiro atoms. The van der Waals surface area contributed by atoms with Crippen LogP contribution >= 0.6 is 11.6 Å². The maximum Gasteiger partial charge on any atom is 0.256 e. The highest BCUT2D eigenvalue weighted by Crippen LogP contribution is 2.20. The minimum Gasteiger partial charge on any atom is -0.379 e. The number of ether oxygens (including phenoxy) is 1. The van der Waals surface area contributed by atoms with Gasteiger partial charge in [-0.2, -0.15) is 5.10 Å². The Kier molecular flexibility index (Phi) is 6.07. The monoisotopic (exact) mass is 362 g/mol. The summed E-state index contributed by atoms with van der Waals surface area (Å²) < 4.78 is 6.99. The van der Waals surface area contributed by atoms with Gasteiger partial charge >= 0.3 is 0 Å². The molecule has 1 fully saturated rings. The first-order chi connectivity index (χ1) is 12.1. The number of rotatable bonds is 6. The summed E-state index contributed by atoms with van der Waals surface area (Å²) in [5.41, 5.74) is 2.19. The number of benzene rings is 1. The van der Waals surface area contributed by atoms with Gasteiger partial charge in [-0.3, -0.25) is 9.69 Å². The van der Waals surface area contributed by atoms with Crippen LogP contribution in [0.1, 0.15) is 21.6 Å². The number of aromatic nitrogens is 2. The predicted molar refractivity (Wildman–Crippen MR) is 97.1 cm³/mol. The minimum atomic E-state index is -0.171. The fourth-order valence-electron chi connectivity index (χ4n) is 2.91. The number of carbonyl (C=O) groups excluding carboxylic acids is 1. The molecule has 1 saturated heterocycles. The topological polar surface area (TPSA) is 59.4 Å². The Labute approximate surface area is 152 Å². The lowest BCUT2D eigenvalue weighted by Gasteiger charge is -2.26. The van der Waals surface area contributed by atoms with E-state index < -0.39 is 0 Å². The third-order valence-corrected chi connectivity index (χ3v) is 4.67. The SMILES string of the molecule is Cc1nn(Cc2ccccc2)c(Cl)c1C(=O)NCCN1CCOCC1. The van der Waals surface area contributed by atoms with Gasteiger partial charge in [0.1, 0.15) is 5.15 Å². The first-order valence-corrected chi connectivity index (χ1v) is 8.88. The molecule has 0 aliphatic carbocycles. The van der Waals surface area contributed by atoms with Crippen molar-refractivity contribution in [3.05, 3.63) is 52.3 Å². The molecule has 1 aliphatic rings. The summed E-state index contributed by atoms with van der Waals surface area (Å²) >= 11 is 6.41. The van der Waals surface area contributed by atoms with Crippen molar-refractivity contribution in [1.82, 2.24) is 20.0 Å². The van der Waals surface area contributed by atoms with Crippen LogP contribution in [0.25, 0.3) is 0 Å². The zero-order valence-corrected chi connectivity index (χ0v) is 15.1. The van der Waals surface area contributed by atoms with E-state index >= 15 is 0 Å². The van der Waals surface area contributed by atoms with Crippen molar-refractivity contribution < 1.29 is 9.53 Å². The molecule has 1 aliphatic heterocycles. The lowest BCUT2D eigenvalue weighted by Crippen LogP contribution is -2.41. The van der Waals surface area contributed by atoms with Gasteiger partial charge in [-0.05, 0) is 12.5 Å². The maximum atomic E-state index is 12.5. The molecular weight excluding hydrogens is 340 g/mol. The average Bonchev–Trinajstić information content (AvgIpc) is 2.90. The third-order valence-electron chi connectivity index (χ3n) is 4.28. The first-order valence-electron chi connectivity index (χ1n) is 8.50. The molecule has 2 aromatic rings. The van der Waals surface area contributed by atoms with Crippen LogP contribution < -0.4 is 5.32 Å². The number of halogens is 1. The van der Waals surface area contributed by atoms with E-state index in [-0.39, 0.29) is 5.91 Å². The van der Waals surface area contributed by atoms with E-state index in [2.05, 4.69) is 15.3 Å². The zero-order chi connectivity index (χ0) is 17.6. The van der Waals surface area contributed by atoms with Gasteiger partial charge in [-0.1, -0.05) is 41.9 Å². The van der Waals surface area contributed by atoms with E-state index in [0.717, 1.165) is 38.4 Å². The molecule has 134 valence electrons. The Morgan fingerprint density at radius 2 is 2.00 bits per heavy atom. The van der Waals surface area contributed by atoms with Gasteiger partial charge in [0.2, 0.25) is 0 Å². The summed E-state index contributed by atoms with van der Waals surface area (Å²) in [5, 5.41) is 7.75. The molecule has 0 saturated carbocycles. The number of aryl methyl sites for hydroxylation is 1. The second-order valence-electron chi connectivity index (χ2n) is 6.10. The number of carbonyl (C=O) groups is 1. The van der Waals surface area contributed by atoms with E-state index in [9.17, 15) is 4.79 Å². The lowest BCUT2D eigenvalue weighted by atomic mass is 10.2. The van der Waals surface area contributed by atoms with Gasteiger partial charge in [-0.25, -0.2) is 4.68 Å². The smallest absolute Gasteiger partial charge is 0.256 e. The second-order valence-corrected chi connectivity index (χ2v) is 6.46. The zero-order valence-electron chi connectivity index (χ0n) is 14.4. The molecule has 0 unspecified atom stereocenters. The van der Waals surface area contributed by atoms with Crippen LogP contribution in [-0.2, 0) is 11.3 Å². The van der Waals surface area contributed by atoms with Crippen molar-refractivity contribution >= 4 is 17.5 Å². The van der Waals surface area contributed by atoms with E-state index in [4.69, 9.17) is 16.3 Å². The average molecular weight is 363 g/mol. The summed E-state index contributed by atoms with van der Waals surface area (Å²) in [4.78, 5) is 14.8. The van der Waals surface area contributed by atoms with Crippen LogP contribution in [0.15, 0.2) is 30.3 Å². The van der Waals surface area contributed by atoms with Gasteiger partial charge in [0.15, 0.2) is 0 Å². The Bertz CT molecular complexity index is 711. The Morgan fingerprint density at radius 3 is 2.72 bits per heavy atom. The van der Waals surface area contributed by atoms with Gasteiger partial charge in [0, 0.05) is 26.2 Å². The van der Waals surface area contributed by atoms with Crippen LogP contribution in [-0.4, -0.2) is 60.0 Å². The van der Waals surface area contributed by atoms with E-state index in [1.54, 1.807) is 4.68 Å². The quantitative estimate of drug-likeness (QED) is 0.853. The van der Waals surface area contributed by atoms with Crippen molar-refractivity contribution in [3.63, 3.8) is 0 Å². The number of nitrogens with zero attached hydrogens (tertiary/aromatic N) is 3. The molecule has 0 bridgehead atoms. The van der Waals surface area contributed by atoms with Crippen LogP contribution in [0.3, 0.4) is 0 Å². The minimum absolute atomic E-state index is 0.171. The predicted octanol–water partition coefficient (Wildman–Crippen LogP) is 1.96. The van der Waals surface area contributed by atoms with Crippen molar-refractivity contribution in [1.29, 1.82) is 0 Å². The van der Waals surface area contributed by atoms with Gasteiger partial charge in [-0.15, -0.1) is 0 Å². The molecule has 7 heteroatoms. The van der Waals surface area contributed by atoms with Crippen LogP contribution in [0.4, 0.5) is 0 Å². The second kappa shape index (κ2) is 8.47. The Balaban J connectivity index is 1.60. The molecule has 0 radical (unpaired) electrons. The molecule has 3 rings (SSSR count). The number of amides is 1. The first kappa shape index (κ1) is 17.9. The van der Waals surface area contributed by atoms with E-state index in [0.29, 0.717) is 29.5 Å². The largest absolute Gasteiger partial charge is 0.379 e. The molecule has 0 atom stereocenters. The fourth-order valence-corrected chi connectivity index (χ4v) is 3.23. The van der Waals surface area contributed by atoms with Gasteiger partial charge in [0.25, 0.3) is 5.91 Å². The summed E-state index contributed by atoms with van der Waals surface area (Å²) in [5.74, 6) is -0.171. The van der Waals surface area contributed by atoms with Crippen molar-refractivity contribution in [2.24, 2.45) is 0 Å². The maximum absolute atomic E-state index is 12.5. The van der Waals surface area contributed by atoms with Gasteiger partial charge in [0.05, 0.1) is 31.0 Å². The lowest BCUT2D eigenvalue weighted by molar-refractivity contribution is 0.0383. The summed E-state index contributed by atoms with van der Waals surface area (Å²) in [7, 11) is 0. The van der Waals surface area contributed by atoms with Crippen LogP contribution in [0.2, 0.25) is 5.15 Å². The molecule has 1 aromatic carbocycles. The third kappa shape index (κ3) is 4.60. The molecule has 2 heterocycles. The normalized spacial score (nSPS) is 15.3. The number of morpholine rings is 1. The highest BCUT2D eigenvalue weighted by molar-refractivity contribution is 6.33. The van der Waals surface area contributed by atoms with Crippen molar-refractivity contribution in [2.75, 3.05) is 39.4 Å². The molecule has 1 amide bonds. The van der Waals surface area contributed by atoms with E-state index in [1.807, 2.05) is 37.3 Å². The number of hydrogen-bond acceptors (Lipinski definition) is 4. The molecule has 25 heavy (non-hydrogen) atoms. The van der Waals surface area contributed by atoms with Crippen LogP contribution in [0, 0.1) is 6.92 Å². The molecule has 6 nitrogen and oxygen atoms in total.